The van der Waals surface area contributed by atoms with Crippen LogP contribution in [0.5, 0.6) is 11.6 Å². The van der Waals surface area contributed by atoms with Gasteiger partial charge in [-0.3, -0.25) is 19.2 Å². The summed E-state index contributed by atoms with van der Waals surface area (Å²) in [6, 6.07) is 10.6. The molecule has 1 aromatic heterocycles. The zero-order valence-electron chi connectivity index (χ0n) is 19.0. The molecule has 2 N–H and O–H groups in total. The van der Waals surface area contributed by atoms with Crippen LogP contribution in [0.3, 0.4) is 0 Å². The lowest BCUT2D eigenvalue weighted by atomic mass is 10.1. The molecule has 35 heavy (non-hydrogen) atoms. The number of carbonyl (C=O) groups is 3. The number of carbonyl (C=O) groups excluding carboxylic acids is 3. The number of hydrogen-bond acceptors (Lipinski definition) is 6. The predicted molar refractivity (Wildman–Crippen MR) is 125 cm³/mol. The Morgan fingerprint density at radius 1 is 1.03 bits per heavy atom. The Balaban J connectivity index is 1.45. The summed E-state index contributed by atoms with van der Waals surface area (Å²) in [6.45, 7) is 1.06. The van der Waals surface area contributed by atoms with E-state index in [-0.39, 0.29) is 60.5 Å². The van der Waals surface area contributed by atoms with Gasteiger partial charge in [0.05, 0.1) is 16.3 Å². The number of fused-ring (bicyclic) bond motifs is 1. The van der Waals surface area contributed by atoms with Crippen molar-refractivity contribution in [2.45, 2.75) is 12.8 Å². The highest BCUT2D eigenvalue weighted by atomic mass is 19.1. The standard InChI is InChI=1S/C24H24FN5O5/c1-26-20(31)8-9-21(32)29-10-12-30(13-11-29)24(34)18-14-15(6-7-19(18)25)35-23-17-5-3-2-4-16(17)22(33)27-28-23/h2-7,14H,8-13H2,1H3,(H,26,31)(H,27,33). The molecule has 1 saturated heterocycles. The van der Waals surface area contributed by atoms with Crippen LogP contribution in [0.15, 0.2) is 47.3 Å². The van der Waals surface area contributed by atoms with Gasteiger partial charge in [-0.15, -0.1) is 5.10 Å². The Hall–Kier alpha value is -4.28. The van der Waals surface area contributed by atoms with Crippen molar-refractivity contribution < 1.29 is 23.5 Å². The van der Waals surface area contributed by atoms with E-state index in [1.54, 1.807) is 29.2 Å². The van der Waals surface area contributed by atoms with E-state index in [4.69, 9.17) is 4.74 Å². The molecule has 0 spiro atoms. The first-order chi connectivity index (χ1) is 16.9. The van der Waals surface area contributed by atoms with Gasteiger partial charge in [0, 0.05) is 46.1 Å². The highest BCUT2D eigenvalue weighted by Gasteiger charge is 2.27. The van der Waals surface area contributed by atoms with Gasteiger partial charge in [0.2, 0.25) is 17.7 Å². The van der Waals surface area contributed by atoms with Crippen LogP contribution in [0.4, 0.5) is 4.39 Å². The number of benzene rings is 2. The van der Waals surface area contributed by atoms with Gasteiger partial charge >= 0.3 is 0 Å². The molecule has 0 aliphatic carbocycles. The molecule has 1 aliphatic rings. The molecule has 4 rings (SSSR count). The summed E-state index contributed by atoms with van der Waals surface area (Å²) < 4.78 is 20.3. The second kappa shape index (κ2) is 10.3. The lowest BCUT2D eigenvalue weighted by molar-refractivity contribution is -0.134. The summed E-state index contributed by atoms with van der Waals surface area (Å²) in [5, 5.41) is 9.63. The van der Waals surface area contributed by atoms with Crippen LogP contribution in [0.1, 0.15) is 23.2 Å². The number of halogens is 1. The number of aromatic nitrogens is 2. The van der Waals surface area contributed by atoms with E-state index >= 15 is 0 Å². The third-order valence-corrected chi connectivity index (χ3v) is 5.81. The van der Waals surface area contributed by atoms with Crippen LogP contribution in [-0.2, 0) is 9.59 Å². The second-order valence-electron chi connectivity index (χ2n) is 7.99. The first-order valence-electron chi connectivity index (χ1n) is 11.1. The zero-order chi connectivity index (χ0) is 24.9. The minimum Gasteiger partial charge on any atom is -0.437 e. The highest BCUT2D eigenvalue weighted by Crippen LogP contribution is 2.27. The van der Waals surface area contributed by atoms with E-state index in [1.165, 1.54) is 24.1 Å². The van der Waals surface area contributed by atoms with E-state index in [2.05, 4.69) is 15.5 Å². The lowest BCUT2D eigenvalue weighted by Crippen LogP contribution is -2.50. The number of piperazine rings is 1. The van der Waals surface area contributed by atoms with Crippen molar-refractivity contribution in [2.75, 3.05) is 33.2 Å². The Morgan fingerprint density at radius 2 is 1.71 bits per heavy atom. The predicted octanol–water partition coefficient (Wildman–Crippen LogP) is 1.67. The number of H-pyrrole nitrogens is 1. The summed E-state index contributed by atoms with van der Waals surface area (Å²) in [5.41, 5.74) is -0.537. The minimum atomic E-state index is -0.703. The number of nitrogens with zero attached hydrogens (tertiary/aromatic N) is 3. The summed E-state index contributed by atoms with van der Waals surface area (Å²) in [6.07, 6.45) is 0.195. The zero-order valence-corrected chi connectivity index (χ0v) is 19.0. The van der Waals surface area contributed by atoms with E-state index in [0.29, 0.717) is 23.9 Å². The van der Waals surface area contributed by atoms with Crippen molar-refractivity contribution in [3.8, 4) is 11.6 Å². The quantitative estimate of drug-likeness (QED) is 0.552. The molecule has 10 nitrogen and oxygen atoms in total. The number of aromatic amines is 1. The van der Waals surface area contributed by atoms with Gasteiger partial charge in [0.1, 0.15) is 11.6 Å². The SMILES string of the molecule is CNC(=O)CCC(=O)N1CCN(C(=O)c2cc(Oc3n[nH]c(=O)c4ccccc34)ccc2F)CC1. The highest BCUT2D eigenvalue weighted by molar-refractivity contribution is 5.95. The molecule has 0 radical (unpaired) electrons. The third kappa shape index (κ3) is 5.29. The first kappa shape index (κ1) is 23.9. The fourth-order valence-electron chi connectivity index (χ4n) is 3.84. The maximum Gasteiger partial charge on any atom is 0.272 e. The van der Waals surface area contributed by atoms with Crippen LogP contribution in [0, 0.1) is 5.82 Å². The van der Waals surface area contributed by atoms with Gasteiger partial charge in [-0.05, 0) is 30.3 Å². The number of hydrogen-bond donors (Lipinski definition) is 2. The molecular formula is C24H24FN5O5. The fourth-order valence-corrected chi connectivity index (χ4v) is 3.84. The van der Waals surface area contributed by atoms with Gasteiger partial charge in [0.25, 0.3) is 11.5 Å². The normalized spacial score (nSPS) is 13.5. The molecule has 3 amide bonds. The smallest absolute Gasteiger partial charge is 0.272 e. The molecule has 182 valence electrons. The van der Waals surface area contributed by atoms with Crippen molar-refractivity contribution in [1.82, 2.24) is 25.3 Å². The fraction of sp³-hybridized carbons (Fsp3) is 0.292. The monoisotopic (exact) mass is 481 g/mol. The molecule has 1 fully saturated rings. The Bertz CT molecular complexity index is 1330. The van der Waals surface area contributed by atoms with E-state index in [9.17, 15) is 23.6 Å². The molecule has 0 saturated carbocycles. The van der Waals surface area contributed by atoms with Crippen molar-refractivity contribution in [3.05, 3.63) is 64.2 Å². The molecule has 2 heterocycles. The minimum absolute atomic E-state index is 0.0924. The van der Waals surface area contributed by atoms with Gasteiger partial charge in [-0.1, -0.05) is 12.1 Å². The molecule has 0 atom stereocenters. The lowest BCUT2D eigenvalue weighted by Gasteiger charge is -2.35. The van der Waals surface area contributed by atoms with Crippen LogP contribution in [0.25, 0.3) is 10.8 Å². The average Bonchev–Trinajstić information content (AvgIpc) is 2.89. The van der Waals surface area contributed by atoms with Crippen molar-refractivity contribution in [3.63, 3.8) is 0 Å². The van der Waals surface area contributed by atoms with Gasteiger partial charge < -0.3 is 19.9 Å². The van der Waals surface area contributed by atoms with Crippen molar-refractivity contribution in [1.29, 1.82) is 0 Å². The van der Waals surface area contributed by atoms with Crippen molar-refractivity contribution in [2.24, 2.45) is 0 Å². The number of nitrogens with one attached hydrogen (secondary N) is 2. The Kier molecular flexibility index (Phi) is 7.04. The van der Waals surface area contributed by atoms with Crippen LogP contribution >= 0.6 is 0 Å². The summed E-state index contributed by atoms with van der Waals surface area (Å²) in [7, 11) is 1.51. The molecule has 11 heteroatoms. The molecule has 0 bridgehead atoms. The van der Waals surface area contributed by atoms with Gasteiger partial charge in [-0.25, -0.2) is 9.49 Å². The maximum atomic E-state index is 14.6. The van der Waals surface area contributed by atoms with E-state index in [0.717, 1.165) is 6.07 Å². The van der Waals surface area contributed by atoms with Crippen LogP contribution in [0.2, 0.25) is 0 Å². The summed E-state index contributed by atoms with van der Waals surface area (Å²) >= 11 is 0. The maximum absolute atomic E-state index is 14.6. The topological polar surface area (TPSA) is 125 Å². The Labute approximate surface area is 199 Å². The van der Waals surface area contributed by atoms with Crippen LogP contribution < -0.4 is 15.6 Å². The second-order valence-corrected chi connectivity index (χ2v) is 7.99. The Morgan fingerprint density at radius 3 is 2.43 bits per heavy atom. The summed E-state index contributed by atoms with van der Waals surface area (Å²) in [4.78, 5) is 51.7. The number of rotatable bonds is 6. The summed E-state index contributed by atoms with van der Waals surface area (Å²) in [5.74, 6) is -1.30. The molecule has 3 aromatic rings. The molecule has 1 aliphatic heterocycles. The molecular weight excluding hydrogens is 457 g/mol. The number of ether oxygens (including phenoxy) is 1. The van der Waals surface area contributed by atoms with E-state index in [1.807, 2.05) is 0 Å². The number of amides is 3. The first-order valence-corrected chi connectivity index (χ1v) is 11.1. The van der Waals surface area contributed by atoms with Crippen LogP contribution in [-0.4, -0.2) is 70.9 Å². The largest absolute Gasteiger partial charge is 0.437 e. The molecule has 2 aromatic carbocycles. The average molecular weight is 481 g/mol. The van der Waals surface area contributed by atoms with Gasteiger partial charge in [-0.2, -0.15) is 0 Å². The third-order valence-electron chi connectivity index (χ3n) is 5.81. The van der Waals surface area contributed by atoms with Gasteiger partial charge in [0.15, 0.2) is 0 Å². The molecule has 0 unspecified atom stereocenters. The van der Waals surface area contributed by atoms with Crippen molar-refractivity contribution >= 4 is 28.5 Å². The van der Waals surface area contributed by atoms with E-state index < -0.39 is 11.7 Å².